The summed E-state index contributed by atoms with van der Waals surface area (Å²) in [5.41, 5.74) is 0. The molecule has 2 N–H and O–H groups in total. The SMILES string of the molecule is CCCCCCCCCCCCCSSCC(C(=O)O)C1CCCCC1O. The molecular formula is C22H42O3S2. The van der Waals surface area contributed by atoms with E-state index in [1.165, 1.54) is 70.6 Å². The van der Waals surface area contributed by atoms with E-state index in [-0.39, 0.29) is 5.92 Å². The van der Waals surface area contributed by atoms with Gasteiger partial charge in [-0.05, 0) is 25.2 Å². The van der Waals surface area contributed by atoms with Crippen LogP contribution >= 0.6 is 21.6 Å². The zero-order chi connectivity index (χ0) is 19.7. The number of hydrogen-bond donors (Lipinski definition) is 2. The van der Waals surface area contributed by atoms with Gasteiger partial charge in [-0.15, -0.1) is 0 Å². The lowest BCUT2D eigenvalue weighted by atomic mass is 9.78. The molecule has 160 valence electrons. The van der Waals surface area contributed by atoms with Crippen molar-refractivity contribution >= 4 is 27.6 Å². The van der Waals surface area contributed by atoms with E-state index in [1.807, 2.05) is 10.8 Å². The molecule has 0 aromatic heterocycles. The molecule has 0 radical (unpaired) electrons. The van der Waals surface area contributed by atoms with E-state index < -0.39 is 18.0 Å². The summed E-state index contributed by atoms with van der Waals surface area (Å²) in [6.45, 7) is 2.27. The minimum Gasteiger partial charge on any atom is -0.481 e. The lowest BCUT2D eigenvalue weighted by Crippen LogP contribution is -2.36. The normalized spacial score (nSPS) is 21.3. The van der Waals surface area contributed by atoms with Gasteiger partial charge >= 0.3 is 5.97 Å². The van der Waals surface area contributed by atoms with E-state index in [1.54, 1.807) is 10.8 Å². The first-order valence-corrected chi connectivity index (χ1v) is 13.8. The Morgan fingerprint density at radius 1 is 0.889 bits per heavy atom. The maximum atomic E-state index is 11.6. The first kappa shape index (κ1) is 25.2. The fourth-order valence-electron chi connectivity index (χ4n) is 3.99. The lowest BCUT2D eigenvalue weighted by molar-refractivity contribution is -0.145. The summed E-state index contributed by atoms with van der Waals surface area (Å²) in [7, 11) is 3.51. The smallest absolute Gasteiger partial charge is 0.307 e. The molecule has 0 amide bonds. The van der Waals surface area contributed by atoms with E-state index in [0.29, 0.717) is 5.75 Å². The largest absolute Gasteiger partial charge is 0.481 e. The van der Waals surface area contributed by atoms with Crippen LogP contribution in [0.3, 0.4) is 0 Å². The summed E-state index contributed by atoms with van der Waals surface area (Å²) in [5.74, 6) is 0.561. The number of carboxylic acids is 1. The third-order valence-corrected chi connectivity index (χ3v) is 8.30. The van der Waals surface area contributed by atoms with Gasteiger partial charge in [0.15, 0.2) is 0 Å². The Bertz CT molecular complexity index is 365. The molecule has 3 nitrogen and oxygen atoms in total. The molecule has 0 bridgehead atoms. The highest BCUT2D eigenvalue weighted by Crippen LogP contribution is 2.35. The van der Waals surface area contributed by atoms with Gasteiger partial charge in [0, 0.05) is 11.5 Å². The summed E-state index contributed by atoms with van der Waals surface area (Å²) >= 11 is 0. The Morgan fingerprint density at radius 3 is 2.00 bits per heavy atom. The first-order chi connectivity index (χ1) is 13.2. The van der Waals surface area contributed by atoms with Crippen molar-refractivity contribution in [3.63, 3.8) is 0 Å². The van der Waals surface area contributed by atoms with Crippen molar-refractivity contribution < 1.29 is 15.0 Å². The van der Waals surface area contributed by atoms with Gasteiger partial charge in [-0.3, -0.25) is 4.79 Å². The van der Waals surface area contributed by atoms with Gasteiger partial charge in [0.05, 0.1) is 12.0 Å². The average Bonchev–Trinajstić information content (AvgIpc) is 2.65. The zero-order valence-corrected chi connectivity index (χ0v) is 19.0. The Hall–Kier alpha value is 0.130. The molecule has 1 aliphatic carbocycles. The number of aliphatic carboxylic acids is 1. The van der Waals surface area contributed by atoms with Gasteiger partial charge < -0.3 is 10.2 Å². The molecule has 0 saturated heterocycles. The molecule has 3 atom stereocenters. The predicted molar refractivity (Wildman–Crippen MR) is 120 cm³/mol. The summed E-state index contributed by atoms with van der Waals surface area (Å²) in [6, 6.07) is 0. The second-order valence-corrected chi connectivity index (χ2v) is 10.7. The fourth-order valence-corrected chi connectivity index (χ4v) is 6.50. The van der Waals surface area contributed by atoms with E-state index >= 15 is 0 Å². The number of carbonyl (C=O) groups is 1. The van der Waals surface area contributed by atoms with E-state index in [4.69, 9.17) is 0 Å². The molecule has 0 aromatic carbocycles. The number of rotatable bonds is 17. The lowest BCUT2D eigenvalue weighted by Gasteiger charge is -2.31. The highest BCUT2D eigenvalue weighted by atomic mass is 33.1. The van der Waals surface area contributed by atoms with Gasteiger partial charge in [0.25, 0.3) is 0 Å². The topological polar surface area (TPSA) is 57.5 Å². The van der Waals surface area contributed by atoms with Gasteiger partial charge in [-0.1, -0.05) is 106 Å². The molecule has 1 fully saturated rings. The minimum atomic E-state index is -0.733. The Balaban J connectivity index is 1.94. The summed E-state index contributed by atoms with van der Waals surface area (Å²) in [5, 5.41) is 19.6. The van der Waals surface area contributed by atoms with E-state index in [2.05, 4.69) is 6.92 Å². The standard InChI is InChI=1S/C22H42O3S2/c1-2-3-4-5-6-7-8-9-10-11-14-17-26-27-18-20(22(24)25)19-15-12-13-16-21(19)23/h19-21,23H,2-18H2,1H3,(H,24,25). The number of carboxylic acid groups (broad SMARTS) is 1. The highest BCUT2D eigenvalue weighted by molar-refractivity contribution is 8.76. The average molecular weight is 419 g/mol. The van der Waals surface area contributed by atoms with Crippen LogP contribution in [-0.4, -0.2) is 33.8 Å². The van der Waals surface area contributed by atoms with Crippen LogP contribution < -0.4 is 0 Å². The molecule has 1 aliphatic rings. The quantitative estimate of drug-likeness (QED) is 0.198. The molecule has 3 unspecified atom stereocenters. The van der Waals surface area contributed by atoms with Crippen LogP contribution in [0.4, 0.5) is 0 Å². The molecule has 0 aromatic rings. The van der Waals surface area contributed by atoms with E-state index in [9.17, 15) is 15.0 Å². The number of hydrogen-bond acceptors (Lipinski definition) is 4. The number of unbranched alkanes of at least 4 members (excludes halogenated alkanes) is 10. The maximum Gasteiger partial charge on any atom is 0.307 e. The summed E-state index contributed by atoms with van der Waals surface area (Å²) < 4.78 is 0. The van der Waals surface area contributed by atoms with Crippen molar-refractivity contribution in [1.82, 2.24) is 0 Å². The van der Waals surface area contributed by atoms with Crippen molar-refractivity contribution in [3.8, 4) is 0 Å². The molecular weight excluding hydrogens is 376 g/mol. The molecule has 5 heteroatoms. The first-order valence-electron chi connectivity index (χ1n) is 11.3. The fraction of sp³-hybridized carbons (Fsp3) is 0.955. The zero-order valence-electron chi connectivity index (χ0n) is 17.4. The second-order valence-electron chi connectivity index (χ2n) is 8.10. The summed E-state index contributed by atoms with van der Waals surface area (Å²) in [4.78, 5) is 11.6. The van der Waals surface area contributed by atoms with Gasteiger partial charge in [0.1, 0.15) is 0 Å². The van der Waals surface area contributed by atoms with Crippen molar-refractivity contribution in [2.75, 3.05) is 11.5 Å². The third kappa shape index (κ3) is 12.3. The monoisotopic (exact) mass is 418 g/mol. The third-order valence-electron chi connectivity index (χ3n) is 5.78. The van der Waals surface area contributed by atoms with Gasteiger partial charge in [0.2, 0.25) is 0 Å². The van der Waals surface area contributed by atoms with Crippen LogP contribution in [-0.2, 0) is 4.79 Å². The predicted octanol–water partition coefficient (Wildman–Crippen LogP) is 6.93. The van der Waals surface area contributed by atoms with Crippen LogP contribution in [0.1, 0.15) is 103 Å². The second kappa shape index (κ2) is 17.0. The maximum absolute atomic E-state index is 11.6. The highest BCUT2D eigenvalue weighted by Gasteiger charge is 2.34. The minimum absolute atomic E-state index is 0.0497. The van der Waals surface area contributed by atoms with Crippen molar-refractivity contribution in [3.05, 3.63) is 0 Å². The summed E-state index contributed by atoms with van der Waals surface area (Å²) in [6.07, 6.45) is 18.3. The molecule has 27 heavy (non-hydrogen) atoms. The Morgan fingerprint density at radius 2 is 1.44 bits per heavy atom. The Kier molecular flexibility index (Phi) is 15.9. The van der Waals surface area contributed by atoms with Crippen LogP contribution in [0, 0.1) is 11.8 Å². The van der Waals surface area contributed by atoms with Crippen LogP contribution in [0.25, 0.3) is 0 Å². The molecule has 0 spiro atoms. The van der Waals surface area contributed by atoms with Crippen molar-refractivity contribution in [2.24, 2.45) is 11.8 Å². The van der Waals surface area contributed by atoms with Gasteiger partial charge in [-0.2, -0.15) is 0 Å². The van der Waals surface area contributed by atoms with Crippen LogP contribution in [0.15, 0.2) is 0 Å². The molecule has 1 rings (SSSR count). The number of aliphatic hydroxyl groups is 1. The molecule has 0 aliphatic heterocycles. The molecule has 1 saturated carbocycles. The van der Waals surface area contributed by atoms with Crippen molar-refractivity contribution in [2.45, 2.75) is 109 Å². The van der Waals surface area contributed by atoms with Crippen molar-refractivity contribution in [1.29, 1.82) is 0 Å². The number of aliphatic hydroxyl groups excluding tert-OH is 1. The van der Waals surface area contributed by atoms with Crippen LogP contribution in [0.5, 0.6) is 0 Å². The van der Waals surface area contributed by atoms with Gasteiger partial charge in [-0.25, -0.2) is 0 Å². The van der Waals surface area contributed by atoms with E-state index in [0.717, 1.165) is 31.4 Å². The Labute approximate surface area is 175 Å². The van der Waals surface area contributed by atoms with Crippen LogP contribution in [0.2, 0.25) is 0 Å². The molecule has 0 heterocycles.